The smallest absolute Gasteiger partial charge is 0.0732 e. The van der Waals surface area contributed by atoms with Crippen LogP contribution in [0.5, 0.6) is 0 Å². The molecule has 2 heteroatoms. The average molecular weight is 219 g/mol. The second kappa shape index (κ2) is 6.02. The van der Waals surface area contributed by atoms with Gasteiger partial charge in [0.05, 0.1) is 12.7 Å². The normalized spacial score (nSPS) is 25.6. The molecule has 0 bridgehead atoms. The molecule has 0 amide bonds. The molecular formula is C14H21NO. The largest absolute Gasteiger partial charge is 0.372 e. The standard InChI is InChI=1S/C14H21NO/c1-15-13-9-5-6-10-14(13)16-11-12-7-3-2-4-8-12/h2-4,7-8,13-15H,5-6,9-11H2,1H3/t13-,14-/m0/s1. The van der Waals surface area contributed by atoms with Crippen LogP contribution in [0, 0.1) is 0 Å². The summed E-state index contributed by atoms with van der Waals surface area (Å²) in [5.74, 6) is 0. The van der Waals surface area contributed by atoms with Crippen molar-refractivity contribution in [1.29, 1.82) is 0 Å². The second-order valence-electron chi connectivity index (χ2n) is 4.51. The fraction of sp³-hybridized carbons (Fsp3) is 0.571. The Labute approximate surface area is 98.0 Å². The predicted octanol–water partition coefficient (Wildman–Crippen LogP) is 2.73. The van der Waals surface area contributed by atoms with Gasteiger partial charge in [-0.2, -0.15) is 0 Å². The van der Waals surface area contributed by atoms with Crippen molar-refractivity contribution in [3.63, 3.8) is 0 Å². The molecule has 1 saturated carbocycles. The van der Waals surface area contributed by atoms with E-state index >= 15 is 0 Å². The number of benzene rings is 1. The molecule has 88 valence electrons. The summed E-state index contributed by atoms with van der Waals surface area (Å²) in [7, 11) is 2.04. The molecule has 1 aromatic carbocycles. The summed E-state index contributed by atoms with van der Waals surface area (Å²) in [6.07, 6.45) is 5.46. The summed E-state index contributed by atoms with van der Waals surface area (Å²) in [4.78, 5) is 0. The first-order valence-electron chi connectivity index (χ1n) is 6.23. The van der Waals surface area contributed by atoms with Gasteiger partial charge < -0.3 is 10.1 Å². The van der Waals surface area contributed by atoms with E-state index in [9.17, 15) is 0 Å². The highest BCUT2D eigenvalue weighted by molar-refractivity contribution is 5.13. The van der Waals surface area contributed by atoms with Gasteiger partial charge in [-0.15, -0.1) is 0 Å². The maximum atomic E-state index is 6.01. The molecule has 1 aliphatic rings. The fourth-order valence-electron chi connectivity index (χ4n) is 2.40. The lowest BCUT2D eigenvalue weighted by Gasteiger charge is -2.31. The van der Waals surface area contributed by atoms with Gasteiger partial charge in [0.15, 0.2) is 0 Å². The summed E-state index contributed by atoms with van der Waals surface area (Å²) in [5, 5.41) is 3.37. The van der Waals surface area contributed by atoms with E-state index in [2.05, 4.69) is 29.6 Å². The van der Waals surface area contributed by atoms with Crippen molar-refractivity contribution in [3.8, 4) is 0 Å². The van der Waals surface area contributed by atoms with Gasteiger partial charge in [0.25, 0.3) is 0 Å². The van der Waals surface area contributed by atoms with Gasteiger partial charge in [0.2, 0.25) is 0 Å². The first-order chi connectivity index (χ1) is 7.90. The van der Waals surface area contributed by atoms with Crippen molar-refractivity contribution in [2.75, 3.05) is 7.05 Å². The summed E-state index contributed by atoms with van der Waals surface area (Å²) in [6.45, 7) is 0.740. The lowest BCUT2D eigenvalue weighted by molar-refractivity contribution is -0.00361. The van der Waals surface area contributed by atoms with Gasteiger partial charge in [-0.05, 0) is 25.5 Å². The van der Waals surface area contributed by atoms with E-state index in [1.165, 1.54) is 31.2 Å². The van der Waals surface area contributed by atoms with Crippen LogP contribution in [0.25, 0.3) is 0 Å². The minimum Gasteiger partial charge on any atom is -0.372 e. The van der Waals surface area contributed by atoms with Crippen molar-refractivity contribution in [3.05, 3.63) is 35.9 Å². The first kappa shape index (κ1) is 11.6. The van der Waals surface area contributed by atoms with Crippen LogP contribution in [-0.4, -0.2) is 19.2 Å². The zero-order valence-corrected chi connectivity index (χ0v) is 9.99. The van der Waals surface area contributed by atoms with Crippen LogP contribution < -0.4 is 5.32 Å². The lowest BCUT2D eigenvalue weighted by atomic mass is 9.92. The van der Waals surface area contributed by atoms with Crippen molar-refractivity contribution in [2.24, 2.45) is 0 Å². The highest BCUT2D eigenvalue weighted by Gasteiger charge is 2.23. The second-order valence-corrected chi connectivity index (χ2v) is 4.51. The third-order valence-corrected chi connectivity index (χ3v) is 3.38. The van der Waals surface area contributed by atoms with Crippen molar-refractivity contribution >= 4 is 0 Å². The van der Waals surface area contributed by atoms with E-state index < -0.39 is 0 Å². The van der Waals surface area contributed by atoms with Gasteiger partial charge in [0.1, 0.15) is 0 Å². The van der Waals surface area contributed by atoms with E-state index in [-0.39, 0.29) is 0 Å². The van der Waals surface area contributed by atoms with E-state index in [0.717, 1.165) is 6.61 Å². The summed E-state index contributed by atoms with van der Waals surface area (Å²) >= 11 is 0. The summed E-state index contributed by atoms with van der Waals surface area (Å²) in [6, 6.07) is 11.0. The van der Waals surface area contributed by atoms with E-state index in [0.29, 0.717) is 12.1 Å². The minimum atomic E-state index is 0.388. The van der Waals surface area contributed by atoms with Crippen molar-refractivity contribution < 1.29 is 4.74 Å². The van der Waals surface area contributed by atoms with E-state index in [1.54, 1.807) is 0 Å². The molecule has 1 aromatic rings. The third-order valence-electron chi connectivity index (χ3n) is 3.38. The zero-order valence-electron chi connectivity index (χ0n) is 9.99. The van der Waals surface area contributed by atoms with Crippen LogP contribution in [0.15, 0.2) is 30.3 Å². The van der Waals surface area contributed by atoms with E-state index in [4.69, 9.17) is 4.74 Å². The first-order valence-corrected chi connectivity index (χ1v) is 6.23. The number of ether oxygens (including phenoxy) is 1. The van der Waals surface area contributed by atoms with Crippen LogP contribution in [0.2, 0.25) is 0 Å². The number of rotatable bonds is 4. The molecule has 0 saturated heterocycles. The SMILES string of the molecule is CN[C@H]1CCCC[C@@H]1OCc1ccccc1. The topological polar surface area (TPSA) is 21.3 Å². The van der Waals surface area contributed by atoms with Crippen molar-refractivity contribution in [1.82, 2.24) is 5.32 Å². The molecule has 16 heavy (non-hydrogen) atoms. The van der Waals surface area contributed by atoms with Crippen LogP contribution in [0.4, 0.5) is 0 Å². The quantitative estimate of drug-likeness (QED) is 0.840. The number of nitrogens with one attached hydrogen (secondary N) is 1. The van der Waals surface area contributed by atoms with Crippen LogP contribution >= 0.6 is 0 Å². The van der Waals surface area contributed by atoms with Gasteiger partial charge in [-0.1, -0.05) is 43.2 Å². The molecule has 1 N–H and O–H groups in total. The third kappa shape index (κ3) is 3.06. The molecule has 0 spiro atoms. The molecule has 0 unspecified atom stereocenters. The Hall–Kier alpha value is -0.860. The molecule has 2 atom stereocenters. The lowest BCUT2D eigenvalue weighted by Crippen LogP contribution is -2.41. The Bertz CT molecular complexity index is 299. The molecule has 0 aliphatic heterocycles. The Balaban J connectivity index is 1.84. The summed E-state index contributed by atoms with van der Waals surface area (Å²) < 4.78 is 6.01. The zero-order chi connectivity index (χ0) is 11.2. The molecule has 0 heterocycles. The Kier molecular flexibility index (Phi) is 4.37. The maximum absolute atomic E-state index is 6.01. The minimum absolute atomic E-state index is 0.388. The Morgan fingerprint density at radius 3 is 2.69 bits per heavy atom. The van der Waals surface area contributed by atoms with Crippen LogP contribution in [0.1, 0.15) is 31.2 Å². The van der Waals surface area contributed by atoms with Crippen molar-refractivity contribution in [2.45, 2.75) is 44.4 Å². The molecule has 1 aliphatic carbocycles. The Morgan fingerprint density at radius 2 is 1.94 bits per heavy atom. The fourth-order valence-corrected chi connectivity index (χ4v) is 2.40. The van der Waals surface area contributed by atoms with Crippen LogP contribution in [0.3, 0.4) is 0 Å². The number of likely N-dealkylation sites (N-methyl/N-ethyl adjacent to an activating group) is 1. The molecule has 2 rings (SSSR count). The highest BCUT2D eigenvalue weighted by Crippen LogP contribution is 2.22. The van der Waals surface area contributed by atoms with Gasteiger partial charge in [0, 0.05) is 6.04 Å². The molecule has 0 aromatic heterocycles. The maximum Gasteiger partial charge on any atom is 0.0732 e. The summed E-state index contributed by atoms with van der Waals surface area (Å²) in [5.41, 5.74) is 1.27. The number of hydrogen-bond acceptors (Lipinski definition) is 2. The van der Waals surface area contributed by atoms with Gasteiger partial charge in [-0.3, -0.25) is 0 Å². The van der Waals surface area contributed by atoms with Crippen LogP contribution in [-0.2, 0) is 11.3 Å². The van der Waals surface area contributed by atoms with E-state index in [1.807, 2.05) is 13.1 Å². The molecule has 0 radical (unpaired) electrons. The monoisotopic (exact) mass is 219 g/mol. The Morgan fingerprint density at radius 1 is 1.19 bits per heavy atom. The molecule has 2 nitrogen and oxygen atoms in total. The number of hydrogen-bond donors (Lipinski definition) is 1. The molecular weight excluding hydrogens is 198 g/mol. The van der Waals surface area contributed by atoms with Gasteiger partial charge in [-0.25, -0.2) is 0 Å². The van der Waals surface area contributed by atoms with Gasteiger partial charge >= 0.3 is 0 Å². The molecule has 1 fully saturated rings. The average Bonchev–Trinajstić information content (AvgIpc) is 2.38. The highest BCUT2D eigenvalue weighted by atomic mass is 16.5. The predicted molar refractivity (Wildman–Crippen MR) is 66.3 cm³/mol.